The molecule has 0 aromatic rings. The molecular formula is C29H64N2O3Si. The molecule has 0 rings (SSSR count). The molecule has 3 unspecified atom stereocenters. The standard InChI is InChI=1S/C29H64N2O3Si/c1-7-13-17-27(10-4)24-32-35(23-16-21-31-22-20-30,33-25-28(11-5)18-14-8-2)34-26-29(12-6)19-15-9-3/h27-29,31H,7-26,30H2,1-6H3. The predicted molar refractivity (Wildman–Crippen MR) is 155 cm³/mol. The number of nitrogens with two attached hydrogens (primary N) is 1. The molecule has 6 heteroatoms. The van der Waals surface area contributed by atoms with Crippen LogP contribution in [0.2, 0.25) is 6.04 Å². The third-order valence-corrected chi connectivity index (χ3v) is 10.2. The van der Waals surface area contributed by atoms with E-state index in [0.29, 0.717) is 24.3 Å². The van der Waals surface area contributed by atoms with Crippen LogP contribution in [-0.2, 0) is 13.3 Å². The molecular weight excluding hydrogens is 452 g/mol. The van der Waals surface area contributed by atoms with E-state index >= 15 is 0 Å². The van der Waals surface area contributed by atoms with Crippen molar-refractivity contribution in [3.63, 3.8) is 0 Å². The Labute approximate surface area is 221 Å². The van der Waals surface area contributed by atoms with E-state index in [1.54, 1.807) is 0 Å². The van der Waals surface area contributed by atoms with Crippen LogP contribution in [0.3, 0.4) is 0 Å². The van der Waals surface area contributed by atoms with Crippen molar-refractivity contribution in [1.82, 2.24) is 5.32 Å². The molecule has 0 aliphatic carbocycles. The van der Waals surface area contributed by atoms with Crippen LogP contribution in [0, 0.1) is 17.8 Å². The van der Waals surface area contributed by atoms with E-state index in [9.17, 15) is 0 Å². The van der Waals surface area contributed by atoms with E-state index in [1.165, 1.54) is 57.8 Å². The summed E-state index contributed by atoms with van der Waals surface area (Å²) in [5, 5.41) is 3.45. The summed E-state index contributed by atoms with van der Waals surface area (Å²) in [6.45, 7) is 18.5. The fourth-order valence-electron chi connectivity index (χ4n) is 4.43. The zero-order valence-corrected chi connectivity index (χ0v) is 25.7. The number of unbranched alkanes of at least 4 members (excludes halogenated alkanes) is 3. The van der Waals surface area contributed by atoms with Crippen molar-refractivity contribution in [2.45, 2.75) is 131 Å². The number of nitrogens with one attached hydrogen (secondary N) is 1. The van der Waals surface area contributed by atoms with Crippen LogP contribution < -0.4 is 11.1 Å². The number of hydrogen-bond donors (Lipinski definition) is 2. The van der Waals surface area contributed by atoms with Crippen LogP contribution in [-0.4, -0.2) is 48.3 Å². The Morgan fingerprint density at radius 1 is 0.600 bits per heavy atom. The van der Waals surface area contributed by atoms with Crippen molar-refractivity contribution in [2.75, 3.05) is 39.5 Å². The van der Waals surface area contributed by atoms with Crippen molar-refractivity contribution in [3.05, 3.63) is 0 Å². The first-order chi connectivity index (χ1) is 17.0. The zero-order chi connectivity index (χ0) is 26.2. The molecule has 0 aromatic carbocycles. The summed E-state index contributed by atoms with van der Waals surface area (Å²) in [5.41, 5.74) is 5.68. The summed E-state index contributed by atoms with van der Waals surface area (Å²) in [4.78, 5) is 0. The smallest absolute Gasteiger partial charge is 0.373 e. The molecule has 0 bridgehead atoms. The van der Waals surface area contributed by atoms with Gasteiger partial charge < -0.3 is 24.3 Å². The lowest BCUT2D eigenvalue weighted by Crippen LogP contribution is -2.49. The molecule has 0 spiro atoms. The van der Waals surface area contributed by atoms with Gasteiger partial charge in [-0.2, -0.15) is 0 Å². The van der Waals surface area contributed by atoms with E-state index in [1.807, 2.05) is 0 Å². The zero-order valence-electron chi connectivity index (χ0n) is 24.7. The average molecular weight is 517 g/mol. The second-order valence-corrected chi connectivity index (χ2v) is 13.2. The minimum absolute atomic E-state index is 0.591. The molecule has 212 valence electrons. The third-order valence-electron chi connectivity index (χ3n) is 7.40. The monoisotopic (exact) mass is 516 g/mol. The Kier molecular flexibility index (Phi) is 24.4. The highest BCUT2D eigenvalue weighted by atomic mass is 28.4. The van der Waals surface area contributed by atoms with Gasteiger partial charge in [-0.25, -0.2) is 0 Å². The van der Waals surface area contributed by atoms with Crippen LogP contribution >= 0.6 is 0 Å². The number of hydrogen-bond acceptors (Lipinski definition) is 5. The van der Waals surface area contributed by atoms with Crippen LogP contribution in [0.25, 0.3) is 0 Å². The lowest BCUT2D eigenvalue weighted by Gasteiger charge is -2.34. The first-order valence-electron chi connectivity index (χ1n) is 15.4. The van der Waals surface area contributed by atoms with Gasteiger partial charge in [0.1, 0.15) is 0 Å². The maximum atomic E-state index is 6.83. The lowest BCUT2D eigenvalue weighted by molar-refractivity contribution is 0.0241. The van der Waals surface area contributed by atoms with E-state index < -0.39 is 8.80 Å². The van der Waals surface area contributed by atoms with Gasteiger partial charge in [0.25, 0.3) is 0 Å². The predicted octanol–water partition coefficient (Wildman–Crippen LogP) is 7.56. The fourth-order valence-corrected chi connectivity index (χ4v) is 7.19. The van der Waals surface area contributed by atoms with Gasteiger partial charge in [0, 0.05) is 39.0 Å². The summed E-state index contributed by atoms with van der Waals surface area (Å²) in [6.07, 6.45) is 15.7. The summed E-state index contributed by atoms with van der Waals surface area (Å²) >= 11 is 0. The summed E-state index contributed by atoms with van der Waals surface area (Å²) in [7, 11) is -2.78. The minimum Gasteiger partial charge on any atom is -0.373 e. The Bertz CT molecular complexity index is 392. The maximum absolute atomic E-state index is 6.83. The van der Waals surface area contributed by atoms with E-state index in [-0.39, 0.29) is 0 Å². The van der Waals surface area contributed by atoms with Crippen molar-refractivity contribution < 1.29 is 13.3 Å². The van der Waals surface area contributed by atoms with Crippen molar-refractivity contribution in [3.8, 4) is 0 Å². The molecule has 5 nitrogen and oxygen atoms in total. The van der Waals surface area contributed by atoms with Crippen molar-refractivity contribution in [1.29, 1.82) is 0 Å². The lowest BCUT2D eigenvalue weighted by atomic mass is 10.0. The molecule has 3 atom stereocenters. The molecule has 0 radical (unpaired) electrons. The SMILES string of the molecule is CCCCC(CC)CO[Si](CCCNCCN)(OCC(CC)CCCC)OCC(CC)CCCC. The quantitative estimate of drug-likeness (QED) is 0.0871. The van der Waals surface area contributed by atoms with Crippen LogP contribution in [0.4, 0.5) is 0 Å². The van der Waals surface area contributed by atoms with Crippen LogP contribution in [0.15, 0.2) is 0 Å². The molecule has 0 aliphatic heterocycles. The van der Waals surface area contributed by atoms with Crippen molar-refractivity contribution in [2.24, 2.45) is 23.5 Å². The first-order valence-corrected chi connectivity index (χ1v) is 17.3. The van der Waals surface area contributed by atoms with Crippen molar-refractivity contribution >= 4 is 8.80 Å². The van der Waals surface area contributed by atoms with Gasteiger partial charge in [-0.15, -0.1) is 0 Å². The molecule has 0 saturated heterocycles. The Morgan fingerprint density at radius 3 is 1.31 bits per heavy atom. The van der Waals surface area contributed by atoms with E-state index in [0.717, 1.165) is 64.6 Å². The Hall–Kier alpha value is 0.0169. The minimum atomic E-state index is -2.78. The van der Waals surface area contributed by atoms with Gasteiger partial charge in [0.15, 0.2) is 0 Å². The highest BCUT2D eigenvalue weighted by Crippen LogP contribution is 2.26. The van der Waals surface area contributed by atoms with E-state index in [4.69, 9.17) is 19.0 Å². The highest BCUT2D eigenvalue weighted by molar-refractivity contribution is 6.60. The van der Waals surface area contributed by atoms with Gasteiger partial charge in [-0.05, 0) is 50.0 Å². The highest BCUT2D eigenvalue weighted by Gasteiger charge is 2.42. The van der Waals surface area contributed by atoms with Gasteiger partial charge >= 0.3 is 8.80 Å². The molecule has 0 aliphatic rings. The second kappa shape index (κ2) is 24.4. The maximum Gasteiger partial charge on any atom is 0.501 e. The molecule has 0 aromatic heterocycles. The van der Waals surface area contributed by atoms with Gasteiger partial charge in [0.2, 0.25) is 0 Å². The molecule has 35 heavy (non-hydrogen) atoms. The summed E-state index contributed by atoms with van der Waals surface area (Å²) < 4.78 is 20.5. The third kappa shape index (κ3) is 18.0. The first kappa shape index (κ1) is 35.0. The largest absolute Gasteiger partial charge is 0.501 e. The molecule has 3 N–H and O–H groups in total. The topological polar surface area (TPSA) is 65.7 Å². The molecule has 0 fully saturated rings. The summed E-state index contributed by atoms with van der Waals surface area (Å²) in [6, 6.07) is 0.892. The number of rotatable bonds is 27. The molecule has 0 heterocycles. The molecule has 0 saturated carbocycles. The fraction of sp³-hybridized carbons (Fsp3) is 1.00. The average Bonchev–Trinajstić information content (AvgIpc) is 2.88. The second-order valence-electron chi connectivity index (χ2n) is 10.5. The van der Waals surface area contributed by atoms with Crippen LogP contribution in [0.5, 0.6) is 0 Å². The summed E-state index contributed by atoms with van der Waals surface area (Å²) in [5.74, 6) is 1.77. The van der Waals surface area contributed by atoms with Gasteiger partial charge in [0.05, 0.1) is 0 Å². The molecule has 0 amide bonds. The Balaban J connectivity index is 5.53. The normalized spacial score (nSPS) is 16.2. The van der Waals surface area contributed by atoms with Crippen LogP contribution in [0.1, 0.15) is 125 Å². The van der Waals surface area contributed by atoms with E-state index in [2.05, 4.69) is 46.9 Å². The van der Waals surface area contributed by atoms with Gasteiger partial charge in [-0.3, -0.25) is 0 Å². The Morgan fingerprint density at radius 2 is 1.00 bits per heavy atom. The van der Waals surface area contributed by atoms with Gasteiger partial charge in [-0.1, -0.05) is 99.3 Å².